The van der Waals surface area contributed by atoms with Crippen LogP contribution in [0.5, 0.6) is 5.75 Å². The van der Waals surface area contributed by atoms with Crippen LogP contribution in [0.1, 0.15) is 81.4 Å². The number of nitrogens with zero attached hydrogens (tertiary/aromatic N) is 4. The first-order valence-corrected chi connectivity index (χ1v) is 14.3. The molecule has 6 rings (SSSR count). The Morgan fingerprint density at radius 1 is 1.26 bits per heavy atom. The van der Waals surface area contributed by atoms with Crippen LogP contribution in [0, 0.1) is 6.92 Å². The van der Waals surface area contributed by atoms with Gasteiger partial charge in [0.2, 0.25) is 5.91 Å². The number of carbonyl (C=O) groups excluding carboxylic acids is 1. The summed E-state index contributed by atoms with van der Waals surface area (Å²) in [6.45, 7) is 11.2. The van der Waals surface area contributed by atoms with Gasteiger partial charge in [-0.1, -0.05) is 19.9 Å². The predicted octanol–water partition coefficient (Wildman–Crippen LogP) is 5.56. The molecular formula is C31H40N6O2. The van der Waals surface area contributed by atoms with Crippen LogP contribution >= 0.6 is 0 Å². The van der Waals surface area contributed by atoms with Crippen LogP contribution in [0.25, 0.3) is 27.8 Å². The fraction of sp³-hybridized carbons (Fsp3) is 0.516. The molecule has 1 saturated carbocycles. The zero-order chi connectivity index (χ0) is 27.3. The number of hydrogen-bond donors (Lipinski definition) is 2. The SMILES string of the molecule is COc1c(C)c(-c2[nH]c3ccc(C4CCN(CC(=O)NC5(C)CCC5)CC4)cc3c2C(C)C)cn2ncnc12. The molecule has 1 aliphatic heterocycles. The average molecular weight is 529 g/mol. The second-order valence-corrected chi connectivity index (χ2v) is 12.1. The predicted molar refractivity (Wildman–Crippen MR) is 154 cm³/mol. The van der Waals surface area contributed by atoms with Crippen molar-refractivity contribution in [2.24, 2.45) is 0 Å². The lowest BCUT2D eigenvalue weighted by atomic mass is 9.78. The lowest BCUT2D eigenvalue weighted by Crippen LogP contribution is -2.54. The van der Waals surface area contributed by atoms with Crippen LogP contribution in [-0.4, -0.2) is 62.7 Å². The van der Waals surface area contributed by atoms with Gasteiger partial charge in [-0.05, 0) is 94.1 Å². The molecule has 2 fully saturated rings. The highest BCUT2D eigenvalue weighted by atomic mass is 16.5. The Hall–Kier alpha value is -3.39. The second-order valence-electron chi connectivity index (χ2n) is 12.1. The molecule has 3 aromatic heterocycles. The zero-order valence-corrected chi connectivity index (χ0v) is 23.8. The van der Waals surface area contributed by atoms with Crippen LogP contribution in [0.2, 0.25) is 0 Å². The molecule has 1 saturated heterocycles. The molecule has 1 aliphatic carbocycles. The Labute approximate surface area is 230 Å². The first-order chi connectivity index (χ1) is 18.8. The third kappa shape index (κ3) is 4.69. The van der Waals surface area contributed by atoms with E-state index in [1.165, 1.54) is 22.9 Å². The number of amides is 1. The second kappa shape index (κ2) is 9.97. The van der Waals surface area contributed by atoms with Gasteiger partial charge in [0.15, 0.2) is 11.4 Å². The Kier molecular flexibility index (Phi) is 6.61. The first kappa shape index (κ1) is 25.9. The van der Waals surface area contributed by atoms with Gasteiger partial charge in [0.25, 0.3) is 0 Å². The summed E-state index contributed by atoms with van der Waals surface area (Å²) in [4.78, 5) is 23.0. The van der Waals surface area contributed by atoms with Crippen LogP contribution in [0.3, 0.4) is 0 Å². The van der Waals surface area contributed by atoms with E-state index in [0.29, 0.717) is 18.4 Å². The molecule has 4 heterocycles. The minimum atomic E-state index is 0.0268. The lowest BCUT2D eigenvalue weighted by molar-refractivity contribution is -0.125. The van der Waals surface area contributed by atoms with Gasteiger partial charge in [-0.25, -0.2) is 9.50 Å². The summed E-state index contributed by atoms with van der Waals surface area (Å²) < 4.78 is 7.54. The molecule has 2 aliphatic rings. The minimum Gasteiger partial charge on any atom is -0.492 e. The van der Waals surface area contributed by atoms with Gasteiger partial charge in [0, 0.05) is 33.8 Å². The van der Waals surface area contributed by atoms with Gasteiger partial charge >= 0.3 is 0 Å². The quantitative estimate of drug-likeness (QED) is 0.328. The molecule has 0 spiro atoms. The van der Waals surface area contributed by atoms with Crippen molar-refractivity contribution < 1.29 is 9.53 Å². The topological polar surface area (TPSA) is 87.5 Å². The number of carbonyl (C=O) groups is 1. The van der Waals surface area contributed by atoms with Crippen molar-refractivity contribution in [3.63, 3.8) is 0 Å². The fourth-order valence-corrected chi connectivity index (χ4v) is 6.64. The summed E-state index contributed by atoms with van der Waals surface area (Å²) in [7, 11) is 1.69. The number of hydrogen-bond acceptors (Lipinski definition) is 5. The average Bonchev–Trinajstić information content (AvgIpc) is 3.51. The van der Waals surface area contributed by atoms with E-state index in [9.17, 15) is 4.79 Å². The molecular weight excluding hydrogens is 488 g/mol. The maximum atomic E-state index is 12.6. The van der Waals surface area contributed by atoms with Gasteiger partial charge in [-0.2, -0.15) is 5.10 Å². The van der Waals surface area contributed by atoms with E-state index < -0.39 is 0 Å². The number of ether oxygens (including phenoxy) is 1. The molecule has 1 aromatic carbocycles. The van der Waals surface area contributed by atoms with E-state index in [2.05, 4.69) is 77.4 Å². The molecule has 8 nitrogen and oxygen atoms in total. The smallest absolute Gasteiger partial charge is 0.234 e. The number of rotatable bonds is 7. The monoisotopic (exact) mass is 528 g/mol. The van der Waals surface area contributed by atoms with E-state index in [-0.39, 0.29) is 11.4 Å². The van der Waals surface area contributed by atoms with E-state index in [4.69, 9.17) is 4.74 Å². The molecule has 206 valence electrons. The van der Waals surface area contributed by atoms with Crippen LogP contribution in [0.15, 0.2) is 30.7 Å². The Bertz CT molecular complexity index is 1520. The maximum absolute atomic E-state index is 12.6. The molecule has 0 atom stereocenters. The van der Waals surface area contributed by atoms with E-state index in [0.717, 1.165) is 72.5 Å². The number of aromatic nitrogens is 4. The van der Waals surface area contributed by atoms with Crippen LogP contribution < -0.4 is 10.1 Å². The molecule has 0 unspecified atom stereocenters. The Morgan fingerprint density at radius 3 is 2.69 bits per heavy atom. The largest absolute Gasteiger partial charge is 0.492 e. The summed E-state index contributed by atoms with van der Waals surface area (Å²) in [6, 6.07) is 6.92. The van der Waals surface area contributed by atoms with Crippen molar-refractivity contribution in [1.82, 2.24) is 29.8 Å². The fourth-order valence-electron chi connectivity index (χ4n) is 6.64. The van der Waals surface area contributed by atoms with Gasteiger partial charge in [-0.15, -0.1) is 0 Å². The third-order valence-electron chi connectivity index (χ3n) is 9.01. The van der Waals surface area contributed by atoms with Crippen molar-refractivity contribution in [2.45, 2.75) is 77.2 Å². The molecule has 0 bridgehead atoms. The van der Waals surface area contributed by atoms with Crippen LogP contribution in [0.4, 0.5) is 0 Å². The van der Waals surface area contributed by atoms with Gasteiger partial charge in [-0.3, -0.25) is 9.69 Å². The highest BCUT2D eigenvalue weighted by Crippen LogP contribution is 2.41. The Balaban J connectivity index is 1.25. The number of nitrogens with one attached hydrogen (secondary N) is 2. The van der Waals surface area contributed by atoms with E-state index >= 15 is 0 Å². The van der Waals surface area contributed by atoms with Crippen molar-refractivity contribution in [1.29, 1.82) is 0 Å². The third-order valence-corrected chi connectivity index (χ3v) is 9.01. The number of benzene rings is 1. The number of likely N-dealkylation sites (tertiary alicyclic amines) is 1. The summed E-state index contributed by atoms with van der Waals surface area (Å²) >= 11 is 0. The van der Waals surface area contributed by atoms with Crippen molar-refractivity contribution >= 4 is 22.5 Å². The number of fused-ring (bicyclic) bond motifs is 2. The summed E-state index contributed by atoms with van der Waals surface area (Å²) in [6.07, 6.45) is 9.18. The molecule has 4 aromatic rings. The van der Waals surface area contributed by atoms with Crippen molar-refractivity contribution in [3.8, 4) is 17.0 Å². The number of pyridine rings is 1. The van der Waals surface area contributed by atoms with Crippen LogP contribution in [-0.2, 0) is 4.79 Å². The normalized spacial score (nSPS) is 18.1. The highest BCUT2D eigenvalue weighted by Gasteiger charge is 2.34. The van der Waals surface area contributed by atoms with Crippen molar-refractivity contribution in [2.75, 3.05) is 26.7 Å². The molecule has 39 heavy (non-hydrogen) atoms. The number of methoxy groups -OCH3 is 1. The van der Waals surface area contributed by atoms with E-state index in [1.54, 1.807) is 18.0 Å². The molecule has 1 amide bonds. The minimum absolute atomic E-state index is 0.0268. The molecule has 2 N–H and O–H groups in total. The van der Waals surface area contributed by atoms with Gasteiger partial charge in [0.1, 0.15) is 6.33 Å². The van der Waals surface area contributed by atoms with Crippen molar-refractivity contribution in [3.05, 3.63) is 47.4 Å². The summed E-state index contributed by atoms with van der Waals surface area (Å²) in [5.74, 6) is 1.76. The Morgan fingerprint density at radius 2 is 2.03 bits per heavy atom. The van der Waals surface area contributed by atoms with Gasteiger partial charge in [0.05, 0.1) is 19.3 Å². The standard InChI is InChI=1S/C31H40N6O2/c1-19(2)27-23-15-22(21-9-13-36(14-10-21)17-26(38)35-31(4)11-6-12-31)7-8-25(23)34-28(27)24-16-37-30(32-18-33-37)29(39-5)20(24)3/h7-8,15-16,18-19,21,34H,6,9-14,17H2,1-5H3,(H,35,38). The zero-order valence-electron chi connectivity index (χ0n) is 23.8. The van der Waals surface area contributed by atoms with E-state index in [1.807, 2.05) is 0 Å². The van der Waals surface area contributed by atoms with Gasteiger partial charge < -0.3 is 15.0 Å². The maximum Gasteiger partial charge on any atom is 0.234 e. The number of H-pyrrole nitrogens is 1. The molecule has 0 radical (unpaired) electrons. The summed E-state index contributed by atoms with van der Waals surface area (Å²) in [5.41, 5.74) is 7.85. The number of aromatic amines is 1. The number of piperidine rings is 1. The first-order valence-electron chi connectivity index (χ1n) is 14.3. The summed E-state index contributed by atoms with van der Waals surface area (Å²) in [5, 5.41) is 8.93. The lowest BCUT2D eigenvalue weighted by Gasteiger charge is -2.40. The molecule has 8 heteroatoms. The highest BCUT2D eigenvalue weighted by molar-refractivity contribution is 5.93.